The first-order valence-corrected chi connectivity index (χ1v) is 7.23. The standard InChI is InChI=1S/C16H12FN3O2S/c17-11-3-1-2-9(6-11)8-18-14(21)10-4-5-12-13(7-10)19-16(23)20-15(12)22/h1-7H,8H2,(H,18,21)(H2,19,20,22,23). The second-order valence-corrected chi connectivity index (χ2v) is 5.39. The molecule has 0 aliphatic rings. The van der Waals surface area contributed by atoms with Gasteiger partial charge in [-0.1, -0.05) is 12.1 Å². The Morgan fingerprint density at radius 3 is 2.78 bits per heavy atom. The zero-order valence-corrected chi connectivity index (χ0v) is 12.7. The minimum absolute atomic E-state index is 0.194. The number of aromatic amines is 2. The first-order chi connectivity index (χ1) is 11.0. The Bertz CT molecular complexity index is 1010. The van der Waals surface area contributed by atoms with Gasteiger partial charge >= 0.3 is 0 Å². The van der Waals surface area contributed by atoms with E-state index in [1.165, 1.54) is 12.1 Å². The summed E-state index contributed by atoms with van der Waals surface area (Å²) in [6.07, 6.45) is 0. The smallest absolute Gasteiger partial charge is 0.259 e. The van der Waals surface area contributed by atoms with E-state index in [2.05, 4.69) is 15.3 Å². The highest BCUT2D eigenvalue weighted by molar-refractivity contribution is 7.71. The van der Waals surface area contributed by atoms with Crippen LogP contribution in [0.15, 0.2) is 47.3 Å². The van der Waals surface area contributed by atoms with Crippen LogP contribution in [0.25, 0.3) is 10.9 Å². The lowest BCUT2D eigenvalue weighted by Gasteiger charge is -2.06. The van der Waals surface area contributed by atoms with Crippen LogP contribution in [0.2, 0.25) is 0 Å². The van der Waals surface area contributed by atoms with Gasteiger partial charge in [-0.15, -0.1) is 0 Å². The maximum absolute atomic E-state index is 13.1. The molecule has 1 amide bonds. The van der Waals surface area contributed by atoms with Gasteiger partial charge in [-0.2, -0.15) is 0 Å². The summed E-state index contributed by atoms with van der Waals surface area (Å²) in [6.45, 7) is 0.208. The first-order valence-electron chi connectivity index (χ1n) is 6.82. The molecule has 1 aromatic heterocycles. The molecule has 3 N–H and O–H groups in total. The number of halogens is 1. The molecule has 0 spiro atoms. The van der Waals surface area contributed by atoms with E-state index in [0.29, 0.717) is 22.0 Å². The number of nitrogens with one attached hydrogen (secondary N) is 3. The van der Waals surface area contributed by atoms with Crippen LogP contribution in [0, 0.1) is 10.6 Å². The molecule has 2 aromatic carbocycles. The summed E-state index contributed by atoms with van der Waals surface area (Å²) < 4.78 is 13.3. The van der Waals surface area contributed by atoms with Crippen molar-refractivity contribution in [3.05, 3.63) is 74.5 Å². The molecule has 23 heavy (non-hydrogen) atoms. The highest BCUT2D eigenvalue weighted by atomic mass is 32.1. The Morgan fingerprint density at radius 1 is 1.17 bits per heavy atom. The lowest BCUT2D eigenvalue weighted by molar-refractivity contribution is 0.0951. The Kier molecular flexibility index (Phi) is 4.03. The number of carbonyl (C=O) groups excluding carboxylic acids is 1. The second-order valence-electron chi connectivity index (χ2n) is 4.98. The Labute approximate surface area is 135 Å². The SMILES string of the molecule is O=C(NCc1cccc(F)c1)c1ccc2c(=O)[nH]c(=S)[nH]c2c1. The van der Waals surface area contributed by atoms with E-state index in [4.69, 9.17) is 12.2 Å². The predicted molar refractivity (Wildman–Crippen MR) is 87.3 cm³/mol. The summed E-state index contributed by atoms with van der Waals surface area (Å²) in [6, 6.07) is 10.7. The molecular weight excluding hydrogens is 317 g/mol. The summed E-state index contributed by atoms with van der Waals surface area (Å²) in [5, 5.41) is 3.12. The van der Waals surface area contributed by atoms with Crippen molar-refractivity contribution in [1.29, 1.82) is 0 Å². The average Bonchev–Trinajstić information content (AvgIpc) is 2.52. The lowest BCUT2D eigenvalue weighted by atomic mass is 10.1. The van der Waals surface area contributed by atoms with Crippen molar-refractivity contribution in [2.75, 3.05) is 0 Å². The van der Waals surface area contributed by atoms with Crippen molar-refractivity contribution in [3.63, 3.8) is 0 Å². The zero-order chi connectivity index (χ0) is 16.4. The van der Waals surface area contributed by atoms with Gasteiger partial charge in [0.05, 0.1) is 10.9 Å². The van der Waals surface area contributed by atoms with Crippen molar-refractivity contribution < 1.29 is 9.18 Å². The molecule has 0 saturated carbocycles. The van der Waals surface area contributed by atoms with Gasteiger partial charge in [-0.25, -0.2) is 4.39 Å². The summed E-state index contributed by atoms with van der Waals surface area (Å²) >= 11 is 4.92. The number of aromatic nitrogens is 2. The fourth-order valence-electron chi connectivity index (χ4n) is 2.24. The van der Waals surface area contributed by atoms with E-state index < -0.39 is 0 Å². The van der Waals surface area contributed by atoms with Crippen LogP contribution in [-0.4, -0.2) is 15.9 Å². The van der Waals surface area contributed by atoms with E-state index in [-0.39, 0.29) is 28.6 Å². The first kappa shape index (κ1) is 15.1. The van der Waals surface area contributed by atoms with Gasteiger partial charge in [0, 0.05) is 12.1 Å². The molecule has 0 aliphatic carbocycles. The maximum atomic E-state index is 13.1. The van der Waals surface area contributed by atoms with Gasteiger partial charge in [-0.3, -0.25) is 14.6 Å². The third kappa shape index (κ3) is 3.35. The molecule has 3 rings (SSSR count). The summed E-state index contributed by atoms with van der Waals surface area (Å²) in [5.41, 5.74) is 1.22. The molecule has 0 aliphatic heterocycles. The van der Waals surface area contributed by atoms with E-state index in [0.717, 1.165) is 0 Å². The van der Waals surface area contributed by atoms with Crippen molar-refractivity contribution in [2.24, 2.45) is 0 Å². The fraction of sp³-hybridized carbons (Fsp3) is 0.0625. The minimum Gasteiger partial charge on any atom is -0.348 e. The third-order valence-corrected chi connectivity index (χ3v) is 3.55. The highest BCUT2D eigenvalue weighted by Crippen LogP contribution is 2.10. The van der Waals surface area contributed by atoms with Crippen LogP contribution in [0.3, 0.4) is 0 Å². The number of H-pyrrole nitrogens is 2. The number of benzene rings is 2. The number of carbonyl (C=O) groups is 1. The molecule has 116 valence electrons. The molecule has 3 aromatic rings. The minimum atomic E-state index is -0.353. The van der Waals surface area contributed by atoms with E-state index >= 15 is 0 Å². The molecule has 0 unspecified atom stereocenters. The molecule has 5 nitrogen and oxygen atoms in total. The molecule has 0 bridgehead atoms. The molecule has 1 heterocycles. The molecule has 0 fully saturated rings. The van der Waals surface area contributed by atoms with Crippen molar-refractivity contribution in [2.45, 2.75) is 6.54 Å². The normalized spacial score (nSPS) is 10.7. The number of hydrogen-bond donors (Lipinski definition) is 3. The van der Waals surface area contributed by atoms with Gasteiger partial charge in [0.25, 0.3) is 11.5 Å². The van der Waals surface area contributed by atoms with E-state index in [1.54, 1.807) is 30.3 Å². The second kappa shape index (κ2) is 6.13. The van der Waals surface area contributed by atoms with Crippen LogP contribution in [-0.2, 0) is 6.54 Å². The number of amides is 1. The van der Waals surface area contributed by atoms with Crippen molar-refractivity contribution >= 4 is 29.0 Å². The van der Waals surface area contributed by atoms with Gasteiger partial charge in [0.2, 0.25) is 0 Å². The Balaban J connectivity index is 1.83. The van der Waals surface area contributed by atoms with Crippen molar-refractivity contribution in [3.8, 4) is 0 Å². The van der Waals surface area contributed by atoms with Crippen LogP contribution in [0.1, 0.15) is 15.9 Å². The summed E-state index contributed by atoms with van der Waals surface area (Å²) in [5.74, 6) is -0.676. The van der Waals surface area contributed by atoms with Gasteiger partial charge < -0.3 is 10.3 Å². The molecule has 0 saturated heterocycles. The topological polar surface area (TPSA) is 77.8 Å². The number of rotatable bonds is 3. The van der Waals surface area contributed by atoms with E-state index in [1.807, 2.05) is 0 Å². The van der Waals surface area contributed by atoms with Crippen LogP contribution in [0.4, 0.5) is 4.39 Å². The van der Waals surface area contributed by atoms with Crippen LogP contribution >= 0.6 is 12.2 Å². The largest absolute Gasteiger partial charge is 0.348 e. The fourth-order valence-corrected chi connectivity index (χ4v) is 2.44. The highest BCUT2D eigenvalue weighted by Gasteiger charge is 2.08. The molecule has 0 radical (unpaired) electrons. The predicted octanol–water partition coefficient (Wildman–Crippen LogP) is 2.65. The van der Waals surface area contributed by atoms with Gasteiger partial charge in [0.1, 0.15) is 5.82 Å². The van der Waals surface area contributed by atoms with E-state index in [9.17, 15) is 14.0 Å². The monoisotopic (exact) mass is 329 g/mol. The molecule has 7 heteroatoms. The van der Waals surface area contributed by atoms with Crippen LogP contribution < -0.4 is 10.9 Å². The number of hydrogen-bond acceptors (Lipinski definition) is 3. The molecular formula is C16H12FN3O2S. The zero-order valence-electron chi connectivity index (χ0n) is 11.9. The van der Waals surface area contributed by atoms with Crippen LogP contribution in [0.5, 0.6) is 0 Å². The maximum Gasteiger partial charge on any atom is 0.259 e. The Morgan fingerprint density at radius 2 is 2.00 bits per heavy atom. The molecule has 0 atom stereocenters. The third-order valence-electron chi connectivity index (χ3n) is 3.34. The van der Waals surface area contributed by atoms with Crippen molar-refractivity contribution in [1.82, 2.24) is 15.3 Å². The Hall–Kier alpha value is -2.80. The summed E-state index contributed by atoms with van der Waals surface area (Å²) in [4.78, 5) is 29.2. The quantitative estimate of drug-likeness (QED) is 0.647. The average molecular weight is 329 g/mol. The van der Waals surface area contributed by atoms with Gasteiger partial charge in [0.15, 0.2) is 4.77 Å². The summed E-state index contributed by atoms with van der Waals surface area (Å²) in [7, 11) is 0. The number of fused-ring (bicyclic) bond motifs is 1. The lowest BCUT2D eigenvalue weighted by Crippen LogP contribution is -2.23. The van der Waals surface area contributed by atoms with Gasteiger partial charge in [-0.05, 0) is 48.1 Å².